The maximum Gasteiger partial charge on any atom is 0.321 e. The van der Waals surface area contributed by atoms with Gasteiger partial charge in [-0.3, -0.25) is 9.59 Å². The summed E-state index contributed by atoms with van der Waals surface area (Å²) >= 11 is 0. The fraction of sp³-hybridized carbons (Fsp3) is 0.818. The predicted molar refractivity (Wildman–Crippen MR) is 67.9 cm³/mol. The molecule has 0 heterocycles. The van der Waals surface area contributed by atoms with E-state index >= 15 is 0 Å². The summed E-state index contributed by atoms with van der Waals surface area (Å²) in [7, 11) is -3.95. The van der Waals surface area contributed by atoms with E-state index in [0.29, 0.717) is 0 Å². The number of sulfone groups is 1. The van der Waals surface area contributed by atoms with Gasteiger partial charge >= 0.3 is 5.97 Å². The van der Waals surface area contributed by atoms with Gasteiger partial charge in [0.25, 0.3) is 0 Å². The Balaban J connectivity index is 4.68. The number of carbonyl (C=O) groups excluding carboxylic acids is 1. The van der Waals surface area contributed by atoms with E-state index < -0.39 is 32.7 Å². The SMILES string of the molecule is CCC(C(=O)O)S(=O)(=O)CC(=O)NC(C)C(C)C. The molecule has 0 fully saturated rings. The Kier molecular flexibility index (Phi) is 6.31. The third-order valence-electron chi connectivity index (χ3n) is 2.80. The second kappa shape index (κ2) is 6.72. The van der Waals surface area contributed by atoms with Crippen molar-refractivity contribution in [2.24, 2.45) is 5.92 Å². The lowest BCUT2D eigenvalue weighted by molar-refractivity contribution is -0.136. The summed E-state index contributed by atoms with van der Waals surface area (Å²) in [5.74, 6) is -2.68. The van der Waals surface area contributed by atoms with Crippen molar-refractivity contribution < 1.29 is 23.1 Å². The minimum atomic E-state index is -3.95. The Morgan fingerprint density at radius 1 is 1.22 bits per heavy atom. The molecule has 0 spiro atoms. The largest absolute Gasteiger partial charge is 0.480 e. The molecule has 6 nitrogen and oxygen atoms in total. The van der Waals surface area contributed by atoms with Crippen LogP contribution in [0.3, 0.4) is 0 Å². The van der Waals surface area contributed by atoms with Crippen molar-refractivity contribution in [2.45, 2.75) is 45.4 Å². The third kappa shape index (κ3) is 5.03. The summed E-state index contributed by atoms with van der Waals surface area (Å²) in [6.07, 6.45) is -0.0509. The maximum atomic E-state index is 11.7. The Morgan fingerprint density at radius 3 is 2.06 bits per heavy atom. The van der Waals surface area contributed by atoms with Gasteiger partial charge in [0.15, 0.2) is 15.1 Å². The second-order valence-electron chi connectivity index (χ2n) is 4.64. The van der Waals surface area contributed by atoms with Crippen LogP contribution in [0.5, 0.6) is 0 Å². The van der Waals surface area contributed by atoms with E-state index in [1.165, 1.54) is 6.92 Å². The highest BCUT2D eigenvalue weighted by Gasteiger charge is 2.32. The van der Waals surface area contributed by atoms with E-state index in [1.807, 2.05) is 13.8 Å². The molecule has 0 bridgehead atoms. The number of carboxylic acids is 1. The molecular weight excluding hydrogens is 258 g/mol. The number of rotatable bonds is 7. The average molecular weight is 279 g/mol. The number of nitrogens with one attached hydrogen (secondary N) is 1. The third-order valence-corrected chi connectivity index (χ3v) is 4.87. The Morgan fingerprint density at radius 2 is 1.72 bits per heavy atom. The molecule has 0 aromatic rings. The number of carbonyl (C=O) groups is 2. The lowest BCUT2D eigenvalue weighted by Crippen LogP contribution is -2.42. The van der Waals surface area contributed by atoms with E-state index in [4.69, 9.17) is 5.11 Å². The maximum absolute atomic E-state index is 11.7. The van der Waals surface area contributed by atoms with Gasteiger partial charge in [-0.05, 0) is 19.3 Å². The van der Waals surface area contributed by atoms with Gasteiger partial charge < -0.3 is 10.4 Å². The molecule has 0 aliphatic rings. The van der Waals surface area contributed by atoms with Crippen LogP contribution in [0.15, 0.2) is 0 Å². The van der Waals surface area contributed by atoms with Crippen molar-refractivity contribution in [3.63, 3.8) is 0 Å². The second-order valence-corrected chi connectivity index (χ2v) is 6.83. The molecule has 2 N–H and O–H groups in total. The van der Waals surface area contributed by atoms with Gasteiger partial charge in [-0.25, -0.2) is 8.42 Å². The number of aliphatic carboxylic acids is 1. The number of amides is 1. The van der Waals surface area contributed by atoms with Crippen LogP contribution < -0.4 is 5.32 Å². The van der Waals surface area contributed by atoms with E-state index in [2.05, 4.69) is 5.32 Å². The van der Waals surface area contributed by atoms with Crippen LogP contribution in [0, 0.1) is 5.92 Å². The van der Waals surface area contributed by atoms with Crippen LogP contribution in [-0.2, 0) is 19.4 Å². The van der Waals surface area contributed by atoms with Gasteiger partial charge in [0.1, 0.15) is 5.75 Å². The molecule has 18 heavy (non-hydrogen) atoms. The predicted octanol–water partition coefficient (Wildman–Crippen LogP) is 0.425. The molecule has 0 saturated carbocycles. The number of hydrogen-bond donors (Lipinski definition) is 2. The summed E-state index contributed by atoms with van der Waals surface area (Å²) in [6.45, 7) is 7.02. The van der Waals surface area contributed by atoms with Gasteiger partial charge in [-0.1, -0.05) is 20.8 Å². The minimum Gasteiger partial charge on any atom is -0.480 e. The zero-order chi connectivity index (χ0) is 14.5. The molecule has 1 amide bonds. The lowest BCUT2D eigenvalue weighted by atomic mass is 10.1. The van der Waals surface area contributed by atoms with Crippen LogP contribution in [0.25, 0.3) is 0 Å². The van der Waals surface area contributed by atoms with E-state index in [-0.39, 0.29) is 18.4 Å². The Labute approximate surface area is 108 Å². The molecule has 0 aliphatic carbocycles. The molecule has 0 saturated heterocycles. The van der Waals surface area contributed by atoms with Crippen molar-refractivity contribution in [1.29, 1.82) is 0 Å². The molecule has 2 unspecified atom stereocenters. The Bertz CT molecular complexity index is 402. The average Bonchev–Trinajstić information content (AvgIpc) is 2.15. The molecule has 106 valence electrons. The summed E-state index contributed by atoms with van der Waals surface area (Å²) in [4.78, 5) is 22.3. The van der Waals surface area contributed by atoms with Crippen LogP contribution >= 0.6 is 0 Å². The van der Waals surface area contributed by atoms with Crippen LogP contribution in [0.1, 0.15) is 34.1 Å². The zero-order valence-electron chi connectivity index (χ0n) is 11.1. The van der Waals surface area contributed by atoms with Crippen molar-refractivity contribution in [3.8, 4) is 0 Å². The first-order valence-corrected chi connectivity index (χ1v) is 7.57. The van der Waals surface area contributed by atoms with Crippen molar-refractivity contribution in [3.05, 3.63) is 0 Å². The monoisotopic (exact) mass is 279 g/mol. The standard InChI is InChI=1S/C11H21NO5S/c1-5-9(11(14)15)18(16,17)6-10(13)12-8(4)7(2)3/h7-9H,5-6H2,1-4H3,(H,12,13)(H,14,15). The van der Waals surface area contributed by atoms with Crippen molar-refractivity contribution in [2.75, 3.05) is 5.75 Å². The molecule has 0 aliphatic heterocycles. The molecule has 7 heteroatoms. The summed E-state index contributed by atoms with van der Waals surface area (Å²) in [6, 6.07) is -0.155. The molecule has 0 aromatic carbocycles. The highest BCUT2D eigenvalue weighted by Crippen LogP contribution is 2.08. The number of carboxylic acid groups (broad SMARTS) is 1. The summed E-state index contributed by atoms with van der Waals surface area (Å²) in [5, 5.41) is 9.81. The van der Waals surface area contributed by atoms with E-state index in [9.17, 15) is 18.0 Å². The number of hydrogen-bond acceptors (Lipinski definition) is 4. The molecule has 0 aromatic heterocycles. The highest BCUT2D eigenvalue weighted by molar-refractivity contribution is 7.93. The quantitative estimate of drug-likeness (QED) is 0.703. The first-order chi connectivity index (χ1) is 8.11. The fourth-order valence-electron chi connectivity index (χ4n) is 1.33. The van der Waals surface area contributed by atoms with E-state index in [1.54, 1.807) is 6.92 Å². The first-order valence-electron chi connectivity index (χ1n) is 5.85. The smallest absolute Gasteiger partial charge is 0.321 e. The van der Waals surface area contributed by atoms with Crippen LogP contribution in [-0.4, -0.2) is 42.4 Å². The first kappa shape index (κ1) is 16.9. The zero-order valence-corrected chi connectivity index (χ0v) is 12.0. The van der Waals surface area contributed by atoms with Gasteiger partial charge in [0.2, 0.25) is 5.91 Å². The molecule has 0 radical (unpaired) electrons. The van der Waals surface area contributed by atoms with E-state index in [0.717, 1.165) is 0 Å². The molecule has 0 rings (SSSR count). The highest BCUT2D eigenvalue weighted by atomic mass is 32.2. The fourth-order valence-corrected chi connectivity index (χ4v) is 2.79. The summed E-state index contributed by atoms with van der Waals surface area (Å²) in [5.41, 5.74) is 0. The Hall–Kier alpha value is -1.11. The minimum absolute atomic E-state index is 0.0509. The van der Waals surface area contributed by atoms with Crippen LogP contribution in [0.4, 0.5) is 0 Å². The van der Waals surface area contributed by atoms with Gasteiger partial charge in [-0.15, -0.1) is 0 Å². The van der Waals surface area contributed by atoms with Gasteiger partial charge in [0.05, 0.1) is 0 Å². The topological polar surface area (TPSA) is 101 Å². The summed E-state index contributed by atoms with van der Waals surface area (Å²) < 4.78 is 23.4. The van der Waals surface area contributed by atoms with Crippen molar-refractivity contribution >= 4 is 21.7 Å². The van der Waals surface area contributed by atoms with Gasteiger partial charge in [-0.2, -0.15) is 0 Å². The van der Waals surface area contributed by atoms with Gasteiger partial charge in [0, 0.05) is 6.04 Å². The van der Waals surface area contributed by atoms with Crippen LogP contribution in [0.2, 0.25) is 0 Å². The van der Waals surface area contributed by atoms with Crippen molar-refractivity contribution in [1.82, 2.24) is 5.32 Å². The lowest BCUT2D eigenvalue weighted by Gasteiger charge is -2.18. The molecule has 2 atom stereocenters. The normalized spacial score (nSPS) is 15.2. The molecular formula is C11H21NO5S.